The first-order valence-corrected chi connectivity index (χ1v) is 7.14. The Bertz CT molecular complexity index is 703. The van der Waals surface area contributed by atoms with Gasteiger partial charge in [0.2, 0.25) is 0 Å². The van der Waals surface area contributed by atoms with E-state index in [4.69, 9.17) is 0 Å². The molecule has 0 spiro atoms. The van der Waals surface area contributed by atoms with Crippen molar-refractivity contribution in [3.8, 4) is 0 Å². The molecule has 0 aliphatic heterocycles. The van der Waals surface area contributed by atoms with Gasteiger partial charge in [0.25, 0.3) is 0 Å². The molecule has 0 fully saturated rings. The number of halogens is 3. The minimum absolute atomic E-state index is 0.150. The van der Waals surface area contributed by atoms with Crippen molar-refractivity contribution in [3.05, 3.63) is 70.3 Å². The van der Waals surface area contributed by atoms with Crippen LogP contribution in [0.1, 0.15) is 33.7 Å². The highest BCUT2D eigenvalue weighted by Crippen LogP contribution is 2.30. The van der Waals surface area contributed by atoms with Crippen LogP contribution >= 0.6 is 0 Å². The Kier molecular flexibility index (Phi) is 4.78. The summed E-state index contributed by atoms with van der Waals surface area (Å²) in [6.45, 7) is 3.76. The lowest BCUT2D eigenvalue weighted by Gasteiger charge is -2.16. The smallest absolute Gasteiger partial charge is 0.416 e. The zero-order chi connectivity index (χ0) is 17.2. The first kappa shape index (κ1) is 17.1. The fraction of sp³-hybridized carbons (Fsp3) is 0.278. The Labute approximate surface area is 132 Å². The molecule has 23 heavy (non-hydrogen) atoms. The summed E-state index contributed by atoms with van der Waals surface area (Å²) >= 11 is 0. The molecular formula is C18H17F3O2. The molecule has 0 amide bonds. The van der Waals surface area contributed by atoms with E-state index in [1.807, 2.05) is 26.0 Å². The van der Waals surface area contributed by atoms with Crippen molar-refractivity contribution in [2.45, 2.75) is 32.4 Å². The first-order valence-electron chi connectivity index (χ1n) is 7.14. The topological polar surface area (TPSA) is 37.3 Å². The van der Waals surface area contributed by atoms with Crippen LogP contribution in [-0.4, -0.2) is 11.1 Å². The SMILES string of the molecule is Cc1ccc(C(Cc2ccc(C(F)(F)F)cc2)C(=O)O)c(C)c1. The number of hydrogen-bond donors (Lipinski definition) is 1. The van der Waals surface area contributed by atoms with Crippen LogP contribution in [0.4, 0.5) is 13.2 Å². The highest BCUT2D eigenvalue weighted by Gasteiger charge is 2.30. The summed E-state index contributed by atoms with van der Waals surface area (Å²) in [5.74, 6) is -1.77. The van der Waals surface area contributed by atoms with Crippen molar-refractivity contribution in [2.24, 2.45) is 0 Å². The van der Waals surface area contributed by atoms with Gasteiger partial charge in [-0.2, -0.15) is 13.2 Å². The maximum Gasteiger partial charge on any atom is 0.416 e. The Morgan fingerprint density at radius 3 is 2.17 bits per heavy atom. The zero-order valence-corrected chi connectivity index (χ0v) is 12.8. The van der Waals surface area contributed by atoms with E-state index in [1.165, 1.54) is 12.1 Å². The van der Waals surface area contributed by atoms with Gasteiger partial charge in [0.05, 0.1) is 11.5 Å². The van der Waals surface area contributed by atoms with E-state index in [2.05, 4.69) is 0 Å². The van der Waals surface area contributed by atoms with E-state index in [1.54, 1.807) is 6.07 Å². The maximum absolute atomic E-state index is 12.6. The number of rotatable bonds is 4. The molecule has 0 aliphatic carbocycles. The van der Waals surface area contributed by atoms with Gasteiger partial charge >= 0.3 is 12.1 Å². The lowest BCUT2D eigenvalue weighted by atomic mass is 9.88. The highest BCUT2D eigenvalue weighted by molar-refractivity contribution is 5.77. The van der Waals surface area contributed by atoms with Gasteiger partial charge in [0, 0.05) is 0 Å². The quantitative estimate of drug-likeness (QED) is 0.883. The summed E-state index contributed by atoms with van der Waals surface area (Å²) in [7, 11) is 0. The number of benzene rings is 2. The standard InChI is InChI=1S/C18H17F3O2/c1-11-3-8-15(12(2)9-11)16(17(22)23)10-13-4-6-14(7-5-13)18(19,20)21/h3-9,16H,10H2,1-2H3,(H,22,23). The molecule has 2 aromatic carbocycles. The van der Waals surface area contributed by atoms with Gasteiger partial charge in [-0.25, -0.2) is 0 Å². The van der Waals surface area contributed by atoms with E-state index >= 15 is 0 Å². The molecule has 122 valence electrons. The van der Waals surface area contributed by atoms with Crippen LogP contribution in [0.15, 0.2) is 42.5 Å². The van der Waals surface area contributed by atoms with E-state index in [9.17, 15) is 23.1 Å². The molecule has 1 unspecified atom stereocenters. The fourth-order valence-corrected chi connectivity index (χ4v) is 2.61. The molecule has 2 aromatic rings. The van der Waals surface area contributed by atoms with Crippen LogP contribution in [0.3, 0.4) is 0 Å². The highest BCUT2D eigenvalue weighted by atomic mass is 19.4. The van der Waals surface area contributed by atoms with E-state index in [0.717, 1.165) is 23.3 Å². The van der Waals surface area contributed by atoms with Crippen molar-refractivity contribution in [1.29, 1.82) is 0 Å². The summed E-state index contributed by atoms with van der Waals surface area (Å²) in [6.07, 6.45) is -4.24. The molecule has 2 rings (SSSR count). The third kappa shape index (κ3) is 4.12. The molecule has 0 aliphatic rings. The average Bonchev–Trinajstić information content (AvgIpc) is 2.45. The number of carboxylic acid groups (broad SMARTS) is 1. The molecule has 0 saturated heterocycles. The summed E-state index contributed by atoms with van der Waals surface area (Å²) in [6, 6.07) is 10.1. The number of hydrogen-bond acceptors (Lipinski definition) is 1. The van der Waals surface area contributed by atoms with E-state index < -0.39 is 23.6 Å². The van der Waals surface area contributed by atoms with Gasteiger partial charge in [-0.05, 0) is 49.1 Å². The van der Waals surface area contributed by atoms with Crippen LogP contribution in [0.5, 0.6) is 0 Å². The monoisotopic (exact) mass is 322 g/mol. The summed E-state index contributed by atoms with van der Waals surface area (Å²) in [5.41, 5.74) is 2.40. The molecule has 0 heterocycles. The largest absolute Gasteiger partial charge is 0.481 e. The second-order valence-corrected chi connectivity index (χ2v) is 5.65. The number of carbonyl (C=O) groups is 1. The Hall–Kier alpha value is -2.30. The summed E-state index contributed by atoms with van der Waals surface area (Å²) in [4.78, 5) is 11.6. The van der Waals surface area contributed by atoms with Crippen LogP contribution in [0, 0.1) is 13.8 Å². The second kappa shape index (κ2) is 6.44. The van der Waals surface area contributed by atoms with Crippen molar-refractivity contribution >= 4 is 5.97 Å². The van der Waals surface area contributed by atoms with Gasteiger partial charge in [0.15, 0.2) is 0 Å². The Morgan fingerprint density at radius 2 is 1.70 bits per heavy atom. The summed E-state index contributed by atoms with van der Waals surface area (Å²) in [5, 5.41) is 9.49. The van der Waals surface area contributed by atoms with Crippen molar-refractivity contribution in [1.82, 2.24) is 0 Å². The third-order valence-electron chi connectivity index (χ3n) is 3.82. The number of alkyl halides is 3. The minimum atomic E-state index is -4.39. The Morgan fingerprint density at radius 1 is 1.09 bits per heavy atom. The van der Waals surface area contributed by atoms with Gasteiger partial charge in [0.1, 0.15) is 0 Å². The van der Waals surface area contributed by atoms with Crippen LogP contribution in [0.25, 0.3) is 0 Å². The normalized spacial score (nSPS) is 12.9. The van der Waals surface area contributed by atoms with E-state index in [-0.39, 0.29) is 6.42 Å². The van der Waals surface area contributed by atoms with E-state index in [0.29, 0.717) is 11.1 Å². The molecule has 0 bridgehead atoms. The van der Waals surface area contributed by atoms with Crippen molar-refractivity contribution in [3.63, 3.8) is 0 Å². The van der Waals surface area contributed by atoms with Crippen LogP contribution < -0.4 is 0 Å². The number of aryl methyl sites for hydroxylation is 2. The van der Waals surface area contributed by atoms with Crippen molar-refractivity contribution in [2.75, 3.05) is 0 Å². The molecule has 0 radical (unpaired) electrons. The van der Waals surface area contributed by atoms with Crippen LogP contribution in [-0.2, 0) is 17.4 Å². The molecular weight excluding hydrogens is 305 g/mol. The molecule has 1 atom stereocenters. The van der Waals surface area contributed by atoms with Crippen LogP contribution in [0.2, 0.25) is 0 Å². The number of aliphatic carboxylic acids is 1. The minimum Gasteiger partial charge on any atom is -0.481 e. The zero-order valence-electron chi connectivity index (χ0n) is 12.8. The average molecular weight is 322 g/mol. The van der Waals surface area contributed by atoms with Gasteiger partial charge in [-0.3, -0.25) is 4.79 Å². The summed E-state index contributed by atoms with van der Waals surface area (Å²) < 4.78 is 37.7. The van der Waals surface area contributed by atoms with Gasteiger partial charge in [-0.1, -0.05) is 35.9 Å². The third-order valence-corrected chi connectivity index (χ3v) is 3.82. The predicted molar refractivity (Wildman–Crippen MR) is 81.4 cm³/mol. The molecule has 5 heteroatoms. The Balaban J connectivity index is 2.28. The second-order valence-electron chi connectivity index (χ2n) is 5.65. The predicted octanol–water partition coefficient (Wildman–Crippen LogP) is 4.73. The maximum atomic E-state index is 12.6. The lowest BCUT2D eigenvalue weighted by molar-refractivity contribution is -0.139. The molecule has 2 nitrogen and oxygen atoms in total. The lowest BCUT2D eigenvalue weighted by Crippen LogP contribution is -2.16. The fourth-order valence-electron chi connectivity index (χ4n) is 2.61. The first-order chi connectivity index (χ1) is 10.7. The van der Waals surface area contributed by atoms with Crippen molar-refractivity contribution < 1.29 is 23.1 Å². The molecule has 0 saturated carbocycles. The van der Waals surface area contributed by atoms with Gasteiger partial charge < -0.3 is 5.11 Å². The molecule has 0 aromatic heterocycles. The molecule has 1 N–H and O–H groups in total. The van der Waals surface area contributed by atoms with Gasteiger partial charge in [-0.15, -0.1) is 0 Å². The number of carboxylic acids is 1.